The first-order valence-corrected chi connectivity index (χ1v) is 7.51. The van der Waals surface area contributed by atoms with Gasteiger partial charge in [-0.25, -0.2) is 9.78 Å². The van der Waals surface area contributed by atoms with Gasteiger partial charge in [-0.05, 0) is 37.6 Å². The average Bonchev–Trinajstić information content (AvgIpc) is 2.84. The number of aryl methyl sites for hydroxylation is 2. The van der Waals surface area contributed by atoms with Crippen molar-refractivity contribution < 1.29 is 4.79 Å². The van der Waals surface area contributed by atoms with E-state index >= 15 is 0 Å². The second kappa shape index (κ2) is 6.58. The number of benzene rings is 1. The minimum atomic E-state index is -0.207. The first kappa shape index (κ1) is 15.3. The summed E-state index contributed by atoms with van der Waals surface area (Å²) >= 11 is 1.59. The third-order valence-corrected chi connectivity index (χ3v) is 3.98. The van der Waals surface area contributed by atoms with Gasteiger partial charge < -0.3 is 15.5 Å². The van der Waals surface area contributed by atoms with Crippen LogP contribution in [0.3, 0.4) is 0 Å². The van der Waals surface area contributed by atoms with Gasteiger partial charge in [-0.2, -0.15) is 0 Å². The first-order chi connectivity index (χ1) is 9.95. The Morgan fingerprint density at radius 2 is 2.10 bits per heavy atom. The number of thiazole rings is 1. The molecule has 0 aliphatic rings. The Balaban J connectivity index is 1.93. The summed E-state index contributed by atoms with van der Waals surface area (Å²) in [6.45, 7) is 4.42. The molecule has 2 aromatic rings. The van der Waals surface area contributed by atoms with Gasteiger partial charge in [-0.3, -0.25) is 0 Å². The largest absolute Gasteiger partial charge is 0.378 e. The van der Waals surface area contributed by atoms with Gasteiger partial charge in [0.1, 0.15) is 0 Å². The molecule has 21 heavy (non-hydrogen) atoms. The second-order valence-electron chi connectivity index (χ2n) is 5.05. The Morgan fingerprint density at radius 3 is 2.67 bits per heavy atom. The third-order valence-electron chi connectivity index (χ3n) is 3.07. The van der Waals surface area contributed by atoms with Gasteiger partial charge in [-0.1, -0.05) is 0 Å². The van der Waals surface area contributed by atoms with Crippen molar-refractivity contribution in [1.29, 1.82) is 0 Å². The van der Waals surface area contributed by atoms with E-state index in [1.54, 1.807) is 17.5 Å². The summed E-state index contributed by atoms with van der Waals surface area (Å²) in [5.74, 6) is 0. The van der Waals surface area contributed by atoms with Crippen LogP contribution in [0, 0.1) is 13.8 Å². The fourth-order valence-electron chi connectivity index (χ4n) is 1.89. The predicted molar refractivity (Wildman–Crippen MR) is 88.2 cm³/mol. The standard InChI is InChI=1S/C15H20N4OS/c1-10-7-12(19(3)4)5-6-14(10)18-15(20)17-9-13-8-16-11(2)21-13/h5-8H,9H2,1-4H3,(H2,17,18,20). The molecule has 1 aromatic carbocycles. The maximum absolute atomic E-state index is 11.9. The number of urea groups is 1. The third kappa shape index (κ3) is 4.19. The Labute approximate surface area is 129 Å². The molecular formula is C15H20N4OS. The van der Waals surface area contributed by atoms with Gasteiger partial charge in [0.25, 0.3) is 0 Å². The van der Waals surface area contributed by atoms with E-state index in [2.05, 4.69) is 15.6 Å². The molecule has 5 nitrogen and oxygen atoms in total. The summed E-state index contributed by atoms with van der Waals surface area (Å²) in [5.41, 5.74) is 2.96. The normalized spacial score (nSPS) is 10.3. The lowest BCUT2D eigenvalue weighted by molar-refractivity contribution is 0.252. The number of nitrogens with one attached hydrogen (secondary N) is 2. The van der Waals surface area contributed by atoms with Crippen molar-refractivity contribution in [2.45, 2.75) is 20.4 Å². The van der Waals surface area contributed by atoms with Crippen LogP contribution < -0.4 is 15.5 Å². The number of nitrogens with zero attached hydrogens (tertiary/aromatic N) is 2. The quantitative estimate of drug-likeness (QED) is 0.912. The van der Waals surface area contributed by atoms with Gasteiger partial charge in [-0.15, -0.1) is 11.3 Å². The number of amides is 2. The summed E-state index contributed by atoms with van der Waals surface area (Å²) in [7, 11) is 3.98. The fraction of sp³-hybridized carbons (Fsp3) is 0.333. The van der Waals surface area contributed by atoms with Crippen LogP contribution in [-0.4, -0.2) is 25.1 Å². The Kier molecular flexibility index (Phi) is 4.80. The van der Waals surface area contributed by atoms with Crippen LogP contribution in [0.25, 0.3) is 0 Å². The molecule has 0 unspecified atom stereocenters. The van der Waals surface area contributed by atoms with E-state index in [9.17, 15) is 4.79 Å². The number of hydrogen-bond donors (Lipinski definition) is 2. The molecule has 0 radical (unpaired) electrons. The first-order valence-electron chi connectivity index (χ1n) is 6.70. The zero-order chi connectivity index (χ0) is 15.4. The summed E-state index contributed by atoms with van der Waals surface area (Å²) in [4.78, 5) is 19.2. The van der Waals surface area contributed by atoms with E-state index in [1.165, 1.54) is 0 Å². The van der Waals surface area contributed by atoms with Gasteiger partial charge in [0.05, 0.1) is 11.6 Å². The topological polar surface area (TPSA) is 57.3 Å². The van der Waals surface area contributed by atoms with Gasteiger partial charge >= 0.3 is 6.03 Å². The molecule has 0 saturated heterocycles. The fourth-order valence-corrected chi connectivity index (χ4v) is 2.62. The number of rotatable bonds is 4. The van der Waals surface area contributed by atoms with Crippen molar-refractivity contribution in [2.75, 3.05) is 24.3 Å². The highest BCUT2D eigenvalue weighted by Crippen LogP contribution is 2.21. The van der Waals surface area contributed by atoms with Crippen LogP contribution in [0.1, 0.15) is 15.4 Å². The molecule has 1 heterocycles. The summed E-state index contributed by atoms with van der Waals surface area (Å²) < 4.78 is 0. The predicted octanol–water partition coefficient (Wildman–Crippen LogP) is 3.15. The molecule has 2 N–H and O–H groups in total. The van der Waals surface area contributed by atoms with Gasteiger partial charge in [0, 0.05) is 36.5 Å². The highest BCUT2D eigenvalue weighted by molar-refractivity contribution is 7.11. The van der Waals surface area contributed by atoms with Crippen molar-refractivity contribution in [3.63, 3.8) is 0 Å². The van der Waals surface area contributed by atoms with E-state index < -0.39 is 0 Å². The lowest BCUT2D eigenvalue weighted by Crippen LogP contribution is -2.28. The van der Waals surface area contributed by atoms with Gasteiger partial charge in [0.2, 0.25) is 0 Å². The molecule has 6 heteroatoms. The van der Waals surface area contributed by atoms with E-state index in [1.807, 2.05) is 51.0 Å². The van der Waals surface area contributed by atoms with Crippen molar-refractivity contribution in [1.82, 2.24) is 10.3 Å². The van der Waals surface area contributed by atoms with Crippen molar-refractivity contribution in [2.24, 2.45) is 0 Å². The van der Waals surface area contributed by atoms with Crippen LogP contribution in [0.4, 0.5) is 16.2 Å². The molecule has 0 aliphatic heterocycles. The molecule has 0 spiro atoms. The monoisotopic (exact) mass is 304 g/mol. The zero-order valence-corrected chi connectivity index (χ0v) is 13.5. The molecule has 2 amide bonds. The molecule has 2 rings (SSSR count). The van der Waals surface area contributed by atoms with Crippen LogP contribution >= 0.6 is 11.3 Å². The number of carbonyl (C=O) groups is 1. The highest BCUT2D eigenvalue weighted by atomic mass is 32.1. The number of carbonyl (C=O) groups excluding carboxylic acids is 1. The Morgan fingerprint density at radius 1 is 1.33 bits per heavy atom. The Bertz CT molecular complexity index is 636. The smallest absolute Gasteiger partial charge is 0.319 e. The van der Waals surface area contributed by atoms with Crippen LogP contribution in [0.2, 0.25) is 0 Å². The Hall–Kier alpha value is -2.08. The number of aromatic nitrogens is 1. The van der Waals surface area contributed by atoms with Crippen LogP contribution in [0.5, 0.6) is 0 Å². The molecule has 0 atom stereocenters. The number of hydrogen-bond acceptors (Lipinski definition) is 4. The van der Waals surface area contributed by atoms with Gasteiger partial charge in [0.15, 0.2) is 0 Å². The van der Waals surface area contributed by atoms with E-state index in [0.717, 1.165) is 26.8 Å². The summed E-state index contributed by atoms with van der Waals surface area (Å²) in [6, 6.07) is 5.74. The summed E-state index contributed by atoms with van der Waals surface area (Å²) in [6.07, 6.45) is 1.79. The SMILES string of the molecule is Cc1ncc(CNC(=O)Nc2ccc(N(C)C)cc2C)s1. The molecular weight excluding hydrogens is 284 g/mol. The van der Waals surface area contributed by atoms with Crippen molar-refractivity contribution >= 4 is 28.7 Å². The molecule has 1 aromatic heterocycles. The lowest BCUT2D eigenvalue weighted by Gasteiger charge is -2.15. The maximum Gasteiger partial charge on any atom is 0.319 e. The van der Waals surface area contributed by atoms with E-state index in [-0.39, 0.29) is 6.03 Å². The minimum Gasteiger partial charge on any atom is -0.378 e. The van der Waals surface area contributed by atoms with Crippen LogP contribution in [-0.2, 0) is 6.54 Å². The maximum atomic E-state index is 11.9. The second-order valence-corrected chi connectivity index (χ2v) is 6.37. The molecule has 0 aliphatic carbocycles. The lowest BCUT2D eigenvalue weighted by atomic mass is 10.1. The minimum absolute atomic E-state index is 0.207. The molecule has 0 fully saturated rings. The van der Waals surface area contributed by atoms with Crippen molar-refractivity contribution in [3.05, 3.63) is 39.8 Å². The highest BCUT2D eigenvalue weighted by Gasteiger charge is 2.06. The molecule has 0 bridgehead atoms. The van der Waals surface area contributed by atoms with E-state index in [0.29, 0.717) is 6.54 Å². The average molecular weight is 304 g/mol. The van der Waals surface area contributed by atoms with Crippen molar-refractivity contribution in [3.8, 4) is 0 Å². The zero-order valence-electron chi connectivity index (χ0n) is 12.7. The van der Waals surface area contributed by atoms with E-state index in [4.69, 9.17) is 0 Å². The summed E-state index contributed by atoms with van der Waals surface area (Å²) in [5, 5.41) is 6.71. The molecule has 112 valence electrons. The molecule has 0 saturated carbocycles. The number of anilines is 2. The van der Waals surface area contributed by atoms with Crippen LogP contribution in [0.15, 0.2) is 24.4 Å².